The Morgan fingerprint density at radius 3 is 3.26 bits per heavy atom. The molecule has 0 amide bonds. The Kier molecular flexibility index (Phi) is 2.76. The third-order valence-electron chi connectivity index (χ3n) is 4.09. The van der Waals surface area contributed by atoms with Gasteiger partial charge in [0.2, 0.25) is 0 Å². The molecule has 1 unspecified atom stereocenters. The second kappa shape index (κ2) is 4.60. The summed E-state index contributed by atoms with van der Waals surface area (Å²) in [7, 11) is 0. The number of fused-ring (bicyclic) bond motifs is 1. The van der Waals surface area contributed by atoms with Gasteiger partial charge in [0.05, 0.1) is 18.2 Å². The number of benzene rings is 1. The summed E-state index contributed by atoms with van der Waals surface area (Å²) in [6.45, 7) is 1.06. The highest BCUT2D eigenvalue weighted by Crippen LogP contribution is 2.37. The van der Waals surface area contributed by atoms with Crippen LogP contribution in [-0.4, -0.2) is 27.6 Å². The summed E-state index contributed by atoms with van der Waals surface area (Å²) in [5, 5.41) is 3.53. The van der Waals surface area contributed by atoms with E-state index in [0.717, 1.165) is 13.0 Å². The zero-order valence-corrected chi connectivity index (χ0v) is 11.6. The molecule has 1 N–H and O–H groups in total. The summed E-state index contributed by atoms with van der Waals surface area (Å²) in [6, 6.07) is 7.22. The number of thioether (sulfide) groups is 1. The van der Waals surface area contributed by atoms with Crippen LogP contribution in [0.1, 0.15) is 18.0 Å². The molecule has 1 saturated heterocycles. The van der Waals surface area contributed by atoms with Crippen LogP contribution in [0.25, 0.3) is 11.3 Å². The molecule has 0 bridgehead atoms. The van der Waals surface area contributed by atoms with Gasteiger partial charge in [-0.05, 0) is 24.2 Å². The standard InChI is InChI=1S/C15H17N3S/c1-2-11-4-6-17-15(11)13(3-1)14-8-16-10-18(14)12-5-7-19-9-12/h1-3,8,10,12,17H,4-7,9H2. The average molecular weight is 271 g/mol. The third-order valence-corrected chi connectivity index (χ3v) is 5.23. The zero-order valence-electron chi connectivity index (χ0n) is 10.8. The molecule has 2 aromatic rings. The van der Waals surface area contributed by atoms with Gasteiger partial charge in [-0.25, -0.2) is 4.98 Å². The Hall–Kier alpha value is -1.42. The number of anilines is 1. The van der Waals surface area contributed by atoms with Crippen molar-refractivity contribution < 1.29 is 0 Å². The van der Waals surface area contributed by atoms with Gasteiger partial charge in [0.15, 0.2) is 0 Å². The molecule has 1 aromatic carbocycles. The van der Waals surface area contributed by atoms with Gasteiger partial charge in [-0.3, -0.25) is 0 Å². The van der Waals surface area contributed by atoms with E-state index in [0.29, 0.717) is 6.04 Å². The molecule has 2 aliphatic rings. The Bertz CT molecular complexity index is 599. The van der Waals surface area contributed by atoms with Gasteiger partial charge in [-0.15, -0.1) is 0 Å². The largest absolute Gasteiger partial charge is 0.384 e. The van der Waals surface area contributed by atoms with Crippen LogP contribution in [0.2, 0.25) is 0 Å². The fraction of sp³-hybridized carbons (Fsp3) is 0.400. The fourth-order valence-electron chi connectivity index (χ4n) is 3.10. The van der Waals surface area contributed by atoms with Crippen LogP contribution in [0.15, 0.2) is 30.7 Å². The van der Waals surface area contributed by atoms with Crippen molar-refractivity contribution in [2.45, 2.75) is 18.9 Å². The molecule has 1 aromatic heterocycles. The lowest BCUT2D eigenvalue weighted by Gasteiger charge is -2.16. The Morgan fingerprint density at radius 1 is 1.37 bits per heavy atom. The molecule has 3 nitrogen and oxygen atoms in total. The first-order valence-electron chi connectivity index (χ1n) is 6.89. The van der Waals surface area contributed by atoms with Crippen molar-refractivity contribution in [1.29, 1.82) is 0 Å². The first-order chi connectivity index (χ1) is 9.43. The highest BCUT2D eigenvalue weighted by Gasteiger charge is 2.22. The van der Waals surface area contributed by atoms with Gasteiger partial charge in [0.25, 0.3) is 0 Å². The second-order valence-corrected chi connectivity index (χ2v) is 6.37. The van der Waals surface area contributed by atoms with E-state index in [2.05, 4.69) is 33.1 Å². The van der Waals surface area contributed by atoms with Crippen molar-refractivity contribution in [3.8, 4) is 11.3 Å². The lowest BCUT2D eigenvalue weighted by atomic mass is 10.0. The molecule has 19 heavy (non-hydrogen) atoms. The van der Waals surface area contributed by atoms with E-state index in [4.69, 9.17) is 0 Å². The van der Waals surface area contributed by atoms with Gasteiger partial charge in [-0.1, -0.05) is 18.2 Å². The quantitative estimate of drug-likeness (QED) is 0.909. The number of aromatic nitrogens is 2. The second-order valence-electron chi connectivity index (χ2n) is 5.22. The van der Waals surface area contributed by atoms with Gasteiger partial charge in [0.1, 0.15) is 0 Å². The van der Waals surface area contributed by atoms with Gasteiger partial charge < -0.3 is 9.88 Å². The minimum Gasteiger partial charge on any atom is -0.384 e. The molecule has 0 spiro atoms. The number of nitrogens with one attached hydrogen (secondary N) is 1. The average Bonchev–Trinajstić information content (AvgIpc) is 3.18. The number of hydrogen-bond acceptors (Lipinski definition) is 3. The highest BCUT2D eigenvalue weighted by atomic mass is 32.2. The topological polar surface area (TPSA) is 29.9 Å². The van der Waals surface area contributed by atoms with Crippen molar-refractivity contribution in [3.05, 3.63) is 36.3 Å². The van der Waals surface area contributed by atoms with E-state index in [9.17, 15) is 0 Å². The Labute approximate surface area is 117 Å². The molecular weight excluding hydrogens is 254 g/mol. The van der Waals surface area contributed by atoms with E-state index >= 15 is 0 Å². The lowest BCUT2D eigenvalue weighted by Crippen LogP contribution is -2.08. The molecule has 0 aliphatic carbocycles. The maximum atomic E-state index is 4.39. The number of para-hydroxylation sites is 1. The molecule has 4 heteroatoms. The summed E-state index contributed by atoms with van der Waals surface area (Å²) in [5.41, 5.74) is 5.32. The van der Waals surface area contributed by atoms with Crippen LogP contribution in [0.5, 0.6) is 0 Å². The van der Waals surface area contributed by atoms with Gasteiger partial charge >= 0.3 is 0 Å². The lowest BCUT2D eigenvalue weighted by molar-refractivity contribution is 0.565. The normalized spacial score (nSPS) is 21.4. The molecule has 0 radical (unpaired) electrons. The summed E-state index contributed by atoms with van der Waals surface area (Å²) in [5.74, 6) is 2.49. The smallest absolute Gasteiger partial charge is 0.0953 e. The summed E-state index contributed by atoms with van der Waals surface area (Å²) in [4.78, 5) is 4.39. The number of hydrogen-bond donors (Lipinski definition) is 1. The summed E-state index contributed by atoms with van der Waals surface area (Å²) in [6.07, 6.45) is 6.41. The van der Waals surface area contributed by atoms with Crippen LogP contribution < -0.4 is 5.32 Å². The molecule has 1 fully saturated rings. The summed E-state index contributed by atoms with van der Waals surface area (Å²) >= 11 is 2.05. The van der Waals surface area contributed by atoms with E-state index in [1.807, 2.05) is 24.3 Å². The minimum absolute atomic E-state index is 0.611. The molecule has 4 rings (SSSR count). The van der Waals surface area contributed by atoms with Crippen LogP contribution in [-0.2, 0) is 6.42 Å². The minimum atomic E-state index is 0.611. The first-order valence-corrected chi connectivity index (χ1v) is 8.04. The number of nitrogens with zero attached hydrogens (tertiary/aromatic N) is 2. The van der Waals surface area contributed by atoms with Crippen molar-refractivity contribution in [2.24, 2.45) is 0 Å². The Balaban J connectivity index is 1.81. The number of imidazole rings is 1. The molecule has 1 atom stereocenters. The zero-order chi connectivity index (χ0) is 12.7. The monoisotopic (exact) mass is 271 g/mol. The van der Waals surface area contributed by atoms with E-state index in [1.165, 1.54) is 40.4 Å². The van der Waals surface area contributed by atoms with E-state index in [-0.39, 0.29) is 0 Å². The van der Waals surface area contributed by atoms with E-state index in [1.54, 1.807) is 0 Å². The highest BCUT2D eigenvalue weighted by molar-refractivity contribution is 7.99. The predicted molar refractivity (Wildman–Crippen MR) is 80.8 cm³/mol. The fourth-order valence-corrected chi connectivity index (χ4v) is 4.30. The van der Waals surface area contributed by atoms with Crippen LogP contribution >= 0.6 is 11.8 Å². The molecule has 0 saturated carbocycles. The van der Waals surface area contributed by atoms with Crippen LogP contribution in [0.3, 0.4) is 0 Å². The summed E-state index contributed by atoms with van der Waals surface area (Å²) < 4.78 is 2.37. The maximum absolute atomic E-state index is 4.39. The van der Waals surface area contributed by atoms with E-state index < -0.39 is 0 Å². The van der Waals surface area contributed by atoms with Crippen molar-refractivity contribution in [2.75, 3.05) is 23.4 Å². The van der Waals surface area contributed by atoms with Gasteiger partial charge in [-0.2, -0.15) is 11.8 Å². The van der Waals surface area contributed by atoms with Crippen LogP contribution in [0, 0.1) is 0 Å². The van der Waals surface area contributed by atoms with Crippen LogP contribution in [0.4, 0.5) is 5.69 Å². The molecule has 98 valence electrons. The molecule has 2 aliphatic heterocycles. The SMILES string of the molecule is c1cc2c(c(-c3cncn3C3CCSC3)c1)NCC2. The molecule has 3 heterocycles. The number of rotatable bonds is 2. The maximum Gasteiger partial charge on any atom is 0.0953 e. The predicted octanol–water partition coefficient (Wildman–Crippen LogP) is 3.20. The third kappa shape index (κ3) is 1.86. The van der Waals surface area contributed by atoms with Crippen molar-refractivity contribution in [3.63, 3.8) is 0 Å². The first kappa shape index (κ1) is 11.4. The Morgan fingerprint density at radius 2 is 2.37 bits per heavy atom. The van der Waals surface area contributed by atoms with Crippen molar-refractivity contribution >= 4 is 17.4 Å². The molecular formula is C15H17N3S. The van der Waals surface area contributed by atoms with Gasteiger partial charge in [0, 0.05) is 29.6 Å². The van der Waals surface area contributed by atoms with Crippen molar-refractivity contribution in [1.82, 2.24) is 9.55 Å².